The molecule has 1 amide bonds. The molecular formula is C14H19ClFN3O. The Labute approximate surface area is 123 Å². The zero-order chi connectivity index (χ0) is 14.5. The summed E-state index contributed by atoms with van der Waals surface area (Å²) in [7, 11) is 0. The summed E-state index contributed by atoms with van der Waals surface area (Å²) < 4.78 is 13.7. The largest absolute Gasteiger partial charge is 0.369 e. The number of carbonyl (C=O) groups excluding carboxylic acids is 1. The third-order valence-corrected chi connectivity index (χ3v) is 3.87. The summed E-state index contributed by atoms with van der Waals surface area (Å²) >= 11 is 5.75. The van der Waals surface area contributed by atoms with Gasteiger partial charge in [-0.1, -0.05) is 23.7 Å². The van der Waals surface area contributed by atoms with E-state index in [2.05, 4.69) is 5.32 Å². The molecule has 1 heterocycles. The Morgan fingerprint density at radius 1 is 1.45 bits per heavy atom. The van der Waals surface area contributed by atoms with E-state index in [0.29, 0.717) is 24.7 Å². The molecule has 6 heteroatoms. The Hall–Kier alpha value is -1.17. The molecule has 0 saturated carbocycles. The molecule has 1 aliphatic rings. The smallest absolute Gasteiger partial charge is 0.231 e. The van der Waals surface area contributed by atoms with Gasteiger partial charge in [-0.3, -0.25) is 9.69 Å². The molecule has 20 heavy (non-hydrogen) atoms. The molecule has 0 aromatic heterocycles. The normalized spacial score (nSPS) is 17.3. The van der Waals surface area contributed by atoms with Crippen molar-refractivity contribution in [2.75, 3.05) is 19.6 Å². The number of nitrogens with two attached hydrogens (primary N) is 1. The van der Waals surface area contributed by atoms with Crippen LogP contribution in [-0.2, 0) is 11.3 Å². The van der Waals surface area contributed by atoms with Gasteiger partial charge in [0.25, 0.3) is 0 Å². The number of carbonyl (C=O) groups is 1. The van der Waals surface area contributed by atoms with Crippen LogP contribution in [0.1, 0.15) is 18.4 Å². The topological polar surface area (TPSA) is 58.4 Å². The van der Waals surface area contributed by atoms with Crippen molar-refractivity contribution in [3.05, 3.63) is 34.6 Å². The first-order chi connectivity index (χ1) is 9.56. The Kier molecular flexibility index (Phi) is 5.34. The summed E-state index contributed by atoms with van der Waals surface area (Å²) in [5.41, 5.74) is 5.75. The summed E-state index contributed by atoms with van der Waals surface area (Å²) in [5.74, 6) is -0.648. The molecule has 1 saturated heterocycles. The zero-order valence-electron chi connectivity index (χ0n) is 11.2. The van der Waals surface area contributed by atoms with Crippen molar-refractivity contribution in [2.24, 2.45) is 5.73 Å². The lowest BCUT2D eigenvalue weighted by Crippen LogP contribution is -2.45. The predicted molar refractivity (Wildman–Crippen MR) is 76.9 cm³/mol. The van der Waals surface area contributed by atoms with Crippen LogP contribution >= 0.6 is 11.6 Å². The van der Waals surface area contributed by atoms with Crippen molar-refractivity contribution in [1.82, 2.24) is 10.2 Å². The van der Waals surface area contributed by atoms with E-state index in [9.17, 15) is 9.18 Å². The van der Waals surface area contributed by atoms with E-state index in [4.69, 9.17) is 17.3 Å². The van der Waals surface area contributed by atoms with Crippen molar-refractivity contribution in [1.29, 1.82) is 0 Å². The van der Waals surface area contributed by atoms with Crippen LogP contribution in [0, 0.1) is 5.82 Å². The van der Waals surface area contributed by atoms with Crippen LogP contribution < -0.4 is 11.1 Å². The number of halogens is 2. The molecule has 1 aliphatic heterocycles. The Morgan fingerprint density at radius 3 is 2.80 bits per heavy atom. The van der Waals surface area contributed by atoms with Gasteiger partial charge in [0.05, 0.1) is 11.6 Å². The third-order valence-electron chi connectivity index (χ3n) is 3.58. The second-order valence-corrected chi connectivity index (χ2v) is 5.52. The van der Waals surface area contributed by atoms with Gasteiger partial charge >= 0.3 is 0 Å². The minimum atomic E-state index is -0.354. The predicted octanol–water partition coefficient (Wildman–Crippen LogP) is 1.52. The van der Waals surface area contributed by atoms with Crippen molar-refractivity contribution < 1.29 is 9.18 Å². The number of primary amides is 1. The Bertz CT molecular complexity index is 475. The van der Waals surface area contributed by atoms with Crippen molar-refractivity contribution >= 4 is 17.5 Å². The minimum Gasteiger partial charge on any atom is -0.369 e. The van der Waals surface area contributed by atoms with Gasteiger partial charge in [0.2, 0.25) is 5.91 Å². The van der Waals surface area contributed by atoms with Crippen LogP contribution in [0.15, 0.2) is 18.2 Å². The molecule has 4 nitrogen and oxygen atoms in total. The fourth-order valence-corrected chi connectivity index (χ4v) is 2.65. The van der Waals surface area contributed by atoms with Crippen LogP contribution in [0.3, 0.4) is 0 Å². The molecule has 1 aromatic carbocycles. The average molecular weight is 300 g/mol. The lowest BCUT2D eigenvalue weighted by Gasteiger charge is -2.31. The molecule has 1 fully saturated rings. The van der Waals surface area contributed by atoms with Gasteiger partial charge < -0.3 is 11.1 Å². The second-order valence-electron chi connectivity index (χ2n) is 5.11. The standard InChI is InChI=1S/C14H19ClFN3O/c15-12-3-1-2-10(14(12)16)8-18-11-4-6-19(7-5-11)9-13(17)20/h1-3,11,18H,4-9H2,(H2,17,20). The number of rotatable bonds is 5. The second kappa shape index (κ2) is 7.02. The number of amides is 1. The monoisotopic (exact) mass is 299 g/mol. The Morgan fingerprint density at radius 2 is 2.15 bits per heavy atom. The summed E-state index contributed by atoms with van der Waals surface area (Å²) in [4.78, 5) is 12.9. The molecule has 1 aromatic rings. The maximum absolute atomic E-state index is 13.7. The number of hydrogen-bond donors (Lipinski definition) is 2. The highest BCUT2D eigenvalue weighted by Gasteiger charge is 2.20. The number of nitrogens with zero attached hydrogens (tertiary/aromatic N) is 1. The van der Waals surface area contributed by atoms with Crippen molar-refractivity contribution in [2.45, 2.75) is 25.4 Å². The van der Waals surface area contributed by atoms with Crippen LogP contribution in [0.25, 0.3) is 0 Å². The van der Waals surface area contributed by atoms with E-state index in [1.165, 1.54) is 0 Å². The van der Waals surface area contributed by atoms with Crippen molar-refractivity contribution in [3.8, 4) is 0 Å². The van der Waals surface area contributed by atoms with E-state index in [1.807, 2.05) is 4.90 Å². The first-order valence-corrected chi connectivity index (χ1v) is 7.11. The molecular weight excluding hydrogens is 281 g/mol. The highest BCUT2D eigenvalue weighted by molar-refractivity contribution is 6.30. The third kappa shape index (κ3) is 4.16. The fourth-order valence-electron chi connectivity index (χ4n) is 2.45. The van der Waals surface area contributed by atoms with Gasteiger partial charge in [0, 0.05) is 31.2 Å². The molecule has 0 aliphatic carbocycles. The van der Waals surface area contributed by atoms with Gasteiger partial charge in [0.1, 0.15) is 5.82 Å². The first kappa shape index (κ1) is 15.2. The Balaban J connectivity index is 1.79. The summed E-state index contributed by atoms with van der Waals surface area (Å²) in [6, 6.07) is 5.36. The van der Waals surface area contributed by atoms with E-state index in [1.54, 1.807) is 18.2 Å². The van der Waals surface area contributed by atoms with E-state index in [0.717, 1.165) is 25.9 Å². The molecule has 0 unspecified atom stereocenters. The van der Waals surface area contributed by atoms with E-state index >= 15 is 0 Å². The highest BCUT2D eigenvalue weighted by atomic mass is 35.5. The van der Waals surface area contributed by atoms with Gasteiger partial charge in [-0.25, -0.2) is 4.39 Å². The van der Waals surface area contributed by atoms with Crippen molar-refractivity contribution in [3.63, 3.8) is 0 Å². The zero-order valence-corrected chi connectivity index (χ0v) is 12.0. The number of hydrogen-bond acceptors (Lipinski definition) is 3. The van der Waals surface area contributed by atoms with Crippen LogP contribution in [-0.4, -0.2) is 36.5 Å². The van der Waals surface area contributed by atoms with Gasteiger partial charge in [0.15, 0.2) is 0 Å². The lowest BCUT2D eigenvalue weighted by atomic mass is 10.0. The maximum atomic E-state index is 13.7. The number of piperidine rings is 1. The molecule has 0 spiro atoms. The SMILES string of the molecule is NC(=O)CN1CCC(NCc2cccc(Cl)c2F)CC1. The number of benzene rings is 1. The number of likely N-dealkylation sites (tertiary alicyclic amines) is 1. The molecule has 0 bridgehead atoms. The van der Waals surface area contributed by atoms with E-state index < -0.39 is 0 Å². The summed E-state index contributed by atoms with van der Waals surface area (Å²) in [5, 5.41) is 3.49. The summed E-state index contributed by atoms with van der Waals surface area (Å²) in [6.45, 7) is 2.44. The van der Waals surface area contributed by atoms with Gasteiger partial charge in [-0.05, 0) is 18.9 Å². The van der Waals surface area contributed by atoms with Crippen LogP contribution in [0.2, 0.25) is 5.02 Å². The van der Waals surface area contributed by atoms with Gasteiger partial charge in [-0.2, -0.15) is 0 Å². The number of nitrogens with one attached hydrogen (secondary N) is 1. The molecule has 0 atom stereocenters. The molecule has 110 valence electrons. The minimum absolute atomic E-state index is 0.153. The maximum Gasteiger partial charge on any atom is 0.231 e. The summed E-state index contributed by atoms with van der Waals surface area (Å²) in [6.07, 6.45) is 1.85. The fraction of sp³-hybridized carbons (Fsp3) is 0.500. The molecule has 0 radical (unpaired) electrons. The first-order valence-electron chi connectivity index (χ1n) is 6.73. The average Bonchev–Trinajstić information content (AvgIpc) is 2.41. The highest BCUT2D eigenvalue weighted by Crippen LogP contribution is 2.18. The van der Waals surface area contributed by atoms with Gasteiger partial charge in [-0.15, -0.1) is 0 Å². The van der Waals surface area contributed by atoms with Crippen LogP contribution in [0.5, 0.6) is 0 Å². The van der Waals surface area contributed by atoms with Crippen LogP contribution in [0.4, 0.5) is 4.39 Å². The quantitative estimate of drug-likeness (QED) is 0.867. The van der Waals surface area contributed by atoms with E-state index in [-0.39, 0.29) is 16.7 Å². The molecule has 2 rings (SSSR count). The molecule has 3 N–H and O–H groups in total. The lowest BCUT2D eigenvalue weighted by molar-refractivity contribution is -0.119.